The number of hydrogen-bond acceptors (Lipinski definition) is 7. The Labute approximate surface area is 160 Å². The molecule has 3 rings (SSSR count). The lowest BCUT2D eigenvalue weighted by Crippen LogP contribution is -2.06. The van der Waals surface area contributed by atoms with Crippen LogP contribution in [0.15, 0.2) is 48.8 Å². The summed E-state index contributed by atoms with van der Waals surface area (Å²) in [5, 5.41) is 18.1. The number of anilines is 4. The van der Waals surface area contributed by atoms with Gasteiger partial charge >= 0.3 is 5.69 Å². The van der Waals surface area contributed by atoms with Crippen molar-refractivity contribution in [2.45, 2.75) is 6.92 Å². The van der Waals surface area contributed by atoms with Crippen LogP contribution in [0.3, 0.4) is 0 Å². The molecule has 0 radical (unpaired) electrons. The molecule has 1 heterocycles. The average molecular weight is 386 g/mol. The second-order valence-electron chi connectivity index (χ2n) is 5.59. The van der Waals surface area contributed by atoms with E-state index < -0.39 is 4.92 Å². The van der Waals surface area contributed by atoms with E-state index in [1.54, 1.807) is 18.2 Å². The van der Waals surface area contributed by atoms with Crippen molar-refractivity contribution in [1.82, 2.24) is 9.97 Å². The van der Waals surface area contributed by atoms with E-state index in [1.165, 1.54) is 13.4 Å². The molecule has 0 fully saturated rings. The van der Waals surface area contributed by atoms with E-state index in [0.29, 0.717) is 22.1 Å². The molecule has 0 aliphatic rings. The molecule has 0 aliphatic heterocycles. The maximum atomic E-state index is 11.7. The van der Waals surface area contributed by atoms with E-state index >= 15 is 0 Å². The molecule has 27 heavy (non-hydrogen) atoms. The summed E-state index contributed by atoms with van der Waals surface area (Å²) in [5.74, 6) is 0.570. The van der Waals surface area contributed by atoms with Gasteiger partial charge in [-0.2, -0.15) is 0 Å². The molecule has 0 spiro atoms. The van der Waals surface area contributed by atoms with Crippen LogP contribution in [0, 0.1) is 17.0 Å². The topological polar surface area (TPSA) is 102 Å². The predicted molar refractivity (Wildman–Crippen MR) is 104 cm³/mol. The number of benzene rings is 2. The van der Waals surface area contributed by atoms with Crippen LogP contribution >= 0.6 is 11.6 Å². The molecule has 3 aromatic rings. The number of rotatable bonds is 6. The predicted octanol–water partition coefficient (Wildman–Crippen LogP) is 4.84. The molecule has 1 aromatic heterocycles. The highest BCUT2D eigenvalue weighted by atomic mass is 35.5. The van der Waals surface area contributed by atoms with Crippen molar-refractivity contribution >= 4 is 40.3 Å². The first-order valence-electron chi connectivity index (χ1n) is 7.92. The SMILES string of the molecule is COc1ccc(Cl)cc1Nc1ncnc(Nc2ccccc2C)c1[N+](=O)[O-]. The Balaban J connectivity index is 2.03. The summed E-state index contributed by atoms with van der Waals surface area (Å²) in [5.41, 5.74) is 1.80. The van der Waals surface area contributed by atoms with E-state index in [2.05, 4.69) is 20.6 Å². The third-order valence-corrected chi connectivity index (χ3v) is 4.05. The summed E-state index contributed by atoms with van der Waals surface area (Å²) in [6.07, 6.45) is 1.24. The Morgan fingerprint density at radius 1 is 1.07 bits per heavy atom. The summed E-state index contributed by atoms with van der Waals surface area (Å²) in [6, 6.07) is 12.3. The van der Waals surface area contributed by atoms with Crippen molar-refractivity contribution in [3.8, 4) is 5.75 Å². The van der Waals surface area contributed by atoms with Crippen molar-refractivity contribution in [3.63, 3.8) is 0 Å². The molecule has 0 atom stereocenters. The van der Waals surface area contributed by atoms with Crippen molar-refractivity contribution in [1.29, 1.82) is 0 Å². The molecule has 8 nitrogen and oxygen atoms in total. The van der Waals surface area contributed by atoms with Crippen molar-refractivity contribution < 1.29 is 9.66 Å². The highest BCUT2D eigenvalue weighted by molar-refractivity contribution is 6.31. The monoisotopic (exact) mass is 385 g/mol. The third-order valence-electron chi connectivity index (χ3n) is 3.82. The lowest BCUT2D eigenvalue weighted by molar-refractivity contribution is -0.383. The Morgan fingerprint density at radius 3 is 2.37 bits per heavy atom. The minimum absolute atomic E-state index is 0.0200. The number of halogens is 1. The number of methoxy groups -OCH3 is 1. The Kier molecular flexibility index (Phi) is 5.37. The first-order valence-corrected chi connectivity index (χ1v) is 8.30. The van der Waals surface area contributed by atoms with Crippen molar-refractivity contribution in [3.05, 3.63) is 69.5 Å². The third kappa shape index (κ3) is 4.06. The number of hydrogen-bond donors (Lipinski definition) is 2. The number of nitrogens with one attached hydrogen (secondary N) is 2. The zero-order valence-electron chi connectivity index (χ0n) is 14.6. The van der Waals surface area contributed by atoms with Crippen LogP contribution in [0.5, 0.6) is 5.75 Å². The first kappa shape index (κ1) is 18.4. The van der Waals surface area contributed by atoms with Gasteiger partial charge in [0, 0.05) is 10.7 Å². The van der Waals surface area contributed by atoms with Gasteiger partial charge in [0.25, 0.3) is 0 Å². The molecular weight excluding hydrogens is 370 g/mol. The Hall–Kier alpha value is -3.39. The molecule has 0 aliphatic carbocycles. The second kappa shape index (κ2) is 7.88. The fraction of sp³-hybridized carbons (Fsp3) is 0.111. The van der Waals surface area contributed by atoms with Gasteiger partial charge in [-0.25, -0.2) is 9.97 Å². The fourth-order valence-corrected chi connectivity index (χ4v) is 2.65. The fourth-order valence-electron chi connectivity index (χ4n) is 2.48. The average Bonchev–Trinajstić information content (AvgIpc) is 2.64. The minimum Gasteiger partial charge on any atom is -0.495 e. The van der Waals surface area contributed by atoms with Crippen LogP contribution < -0.4 is 15.4 Å². The van der Waals surface area contributed by atoms with Gasteiger partial charge in [-0.3, -0.25) is 10.1 Å². The van der Waals surface area contributed by atoms with E-state index in [1.807, 2.05) is 31.2 Å². The molecule has 2 aromatic carbocycles. The maximum absolute atomic E-state index is 11.7. The van der Waals surface area contributed by atoms with Crippen LogP contribution in [0.4, 0.5) is 28.7 Å². The van der Waals surface area contributed by atoms with Crippen LogP contribution in [-0.2, 0) is 0 Å². The highest BCUT2D eigenvalue weighted by Gasteiger charge is 2.24. The smallest absolute Gasteiger partial charge is 0.353 e. The Bertz CT molecular complexity index is 996. The van der Waals surface area contributed by atoms with E-state index in [-0.39, 0.29) is 17.3 Å². The van der Waals surface area contributed by atoms with E-state index in [9.17, 15) is 10.1 Å². The lowest BCUT2D eigenvalue weighted by atomic mass is 10.2. The molecule has 0 unspecified atom stereocenters. The first-order chi connectivity index (χ1) is 13.0. The van der Waals surface area contributed by atoms with Gasteiger partial charge < -0.3 is 15.4 Å². The van der Waals surface area contributed by atoms with Crippen LogP contribution in [0.1, 0.15) is 5.56 Å². The summed E-state index contributed by atoms with van der Waals surface area (Å²) >= 11 is 6.02. The maximum Gasteiger partial charge on any atom is 0.353 e. The van der Waals surface area contributed by atoms with Gasteiger partial charge in [0.15, 0.2) is 0 Å². The van der Waals surface area contributed by atoms with Gasteiger partial charge in [-0.05, 0) is 36.8 Å². The zero-order valence-corrected chi connectivity index (χ0v) is 15.3. The molecule has 0 bridgehead atoms. The molecular formula is C18H16ClN5O3. The molecule has 138 valence electrons. The van der Waals surface area contributed by atoms with Gasteiger partial charge in [0.2, 0.25) is 11.6 Å². The van der Waals surface area contributed by atoms with Crippen molar-refractivity contribution in [2.24, 2.45) is 0 Å². The lowest BCUT2D eigenvalue weighted by Gasteiger charge is -2.13. The zero-order chi connectivity index (χ0) is 19.4. The number of para-hydroxylation sites is 1. The number of aryl methyl sites for hydroxylation is 1. The largest absolute Gasteiger partial charge is 0.495 e. The van der Waals surface area contributed by atoms with Gasteiger partial charge in [0.1, 0.15) is 12.1 Å². The Morgan fingerprint density at radius 2 is 1.74 bits per heavy atom. The minimum atomic E-state index is -0.542. The summed E-state index contributed by atoms with van der Waals surface area (Å²) in [7, 11) is 1.49. The molecule has 0 saturated heterocycles. The quantitative estimate of drug-likeness (QED) is 0.462. The van der Waals surface area contributed by atoms with Crippen molar-refractivity contribution in [2.75, 3.05) is 17.7 Å². The van der Waals surface area contributed by atoms with Crippen LogP contribution in [0.25, 0.3) is 0 Å². The van der Waals surface area contributed by atoms with Gasteiger partial charge in [-0.1, -0.05) is 29.8 Å². The van der Waals surface area contributed by atoms with Gasteiger partial charge in [0.05, 0.1) is 17.7 Å². The highest BCUT2D eigenvalue weighted by Crippen LogP contribution is 2.36. The van der Waals surface area contributed by atoms with E-state index in [4.69, 9.17) is 16.3 Å². The standard InChI is InChI=1S/C18H16ClN5O3/c1-11-5-3-4-6-13(11)22-17-16(24(25)26)18(21-10-20-17)23-14-9-12(19)7-8-15(14)27-2/h3-10H,1-2H3,(H2,20,21,22,23). The summed E-state index contributed by atoms with van der Waals surface area (Å²) < 4.78 is 5.26. The van der Waals surface area contributed by atoms with Crippen LogP contribution in [0.2, 0.25) is 5.02 Å². The molecule has 0 amide bonds. The normalized spacial score (nSPS) is 10.3. The molecule has 2 N–H and O–H groups in total. The number of aromatic nitrogens is 2. The molecule has 0 saturated carbocycles. The van der Waals surface area contributed by atoms with Crippen LogP contribution in [-0.4, -0.2) is 22.0 Å². The number of nitro groups is 1. The van der Waals surface area contributed by atoms with Gasteiger partial charge in [-0.15, -0.1) is 0 Å². The number of nitrogens with zero attached hydrogens (tertiary/aromatic N) is 3. The number of ether oxygens (including phenoxy) is 1. The van der Waals surface area contributed by atoms with E-state index in [0.717, 1.165) is 5.56 Å². The second-order valence-corrected chi connectivity index (χ2v) is 6.02. The molecule has 9 heteroatoms. The summed E-state index contributed by atoms with van der Waals surface area (Å²) in [6.45, 7) is 1.89. The summed E-state index contributed by atoms with van der Waals surface area (Å²) in [4.78, 5) is 19.2.